The second-order valence-electron chi connectivity index (χ2n) is 7.42. The molecule has 0 N–H and O–H groups in total. The Morgan fingerprint density at radius 1 is 0.708 bits per heavy atom. The van der Waals surface area contributed by atoms with E-state index in [4.69, 9.17) is 14.2 Å². The zero-order valence-electron chi connectivity index (χ0n) is 17.0. The molecule has 3 atom stereocenters. The molecule has 3 heteroatoms. The molecule has 1 saturated heterocycles. The minimum atomic E-state index is -0.477. The molecule has 0 saturated carbocycles. The van der Waals surface area contributed by atoms with E-state index in [0.29, 0.717) is 13.2 Å². The molecular formula is C21H42O3. The second kappa shape index (κ2) is 11.5. The van der Waals surface area contributed by atoms with Crippen LogP contribution in [0.4, 0.5) is 0 Å². The van der Waals surface area contributed by atoms with Crippen molar-refractivity contribution >= 4 is 0 Å². The summed E-state index contributed by atoms with van der Waals surface area (Å²) in [5.41, 5.74) is 0. The molecule has 0 amide bonds. The molecule has 0 aliphatic carbocycles. The lowest BCUT2D eigenvalue weighted by Crippen LogP contribution is -2.32. The Bertz CT molecular complexity index is 320. The average molecular weight is 343 g/mol. The van der Waals surface area contributed by atoms with Crippen molar-refractivity contribution in [3.8, 4) is 0 Å². The molecule has 0 aromatic carbocycles. The van der Waals surface area contributed by atoms with E-state index in [2.05, 4.69) is 27.7 Å². The van der Waals surface area contributed by atoms with Crippen LogP contribution in [0.1, 0.15) is 105 Å². The third-order valence-electron chi connectivity index (χ3n) is 5.24. The topological polar surface area (TPSA) is 31.0 Å². The molecule has 1 heterocycles. The summed E-state index contributed by atoms with van der Waals surface area (Å²) in [6.45, 7) is 12.3. The zero-order chi connectivity index (χ0) is 17.9. The van der Waals surface area contributed by atoms with E-state index in [9.17, 15) is 0 Å². The van der Waals surface area contributed by atoms with Gasteiger partial charge >= 0.3 is 0 Å². The van der Waals surface area contributed by atoms with Crippen molar-refractivity contribution in [1.29, 1.82) is 0 Å². The van der Waals surface area contributed by atoms with Gasteiger partial charge in [0.15, 0.2) is 0 Å². The van der Waals surface area contributed by atoms with Gasteiger partial charge in [-0.05, 0) is 32.6 Å². The third-order valence-corrected chi connectivity index (χ3v) is 5.24. The fourth-order valence-corrected chi connectivity index (χ4v) is 3.77. The van der Waals surface area contributed by atoms with Gasteiger partial charge in [-0.1, -0.05) is 65.7 Å². The molecule has 0 spiro atoms. The molecule has 1 fully saturated rings. The van der Waals surface area contributed by atoms with Gasteiger partial charge in [0.25, 0.3) is 0 Å². The quantitative estimate of drug-likeness (QED) is 0.238. The molecule has 0 aromatic rings. The summed E-state index contributed by atoms with van der Waals surface area (Å²) in [4.78, 5) is 0. The monoisotopic (exact) mass is 342 g/mol. The maximum atomic E-state index is 6.13. The predicted molar refractivity (Wildman–Crippen MR) is 101 cm³/mol. The molecule has 3 unspecified atom stereocenters. The highest BCUT2D eigenvalue weighted by atomic mass is 16.9. The number of hydrogen-bond donors (Lipinski definition) is 0. The minimum Gasteiger partial charge on any atom is -0.346 e. The summed E-state index contributed by atoms with van der Waals surface area (Å²) in [5.74, 6) is -0.149. The molecule has 144 valence electrons. The summed E-state index contributed by atoms with van der Waals surface area (Å²) >= 11 is 0. The van der Waals surface area contributed by atoms with E-state index in [1.54, 1.807) is 0 Å². The largest absolute Gasteiger partial charge is 0.346 e. The van der Waals surface area contributed by atoms with Gasteiger partial charge in [0, 0.05) is 26.1 Å². The first-order valence-corrected chi connectivity index (χ1v) is 10.6. The lowest BCUT2D eigenvalue weighted by atomic mass is 9.94. The van der Waals surface area contributed by atoms with E-state index in [-0.39, 0.29) is 0 Å². The van der Waals surface area contributed by atoms with Crippen LogP contribution < -0.4 is 0 Å². The molecule has 24 heavy (non-hydrogen) atoms. The van der Waals surface area contributed by atoms with Crippen molar-refractivity contribution in [2.45, 2.75) is 117 Å². The molecule has 3 nitrogen and oxygen atoms in total. The summed E-state index contributed by atoms with van der Waals surface area (Å²) in [6, 6.07) is 0. The van der Waals surface area contributed by atoms with E-state index in [1.807, 2.05) is 6.92 Å². The van der Waals surface area contributed by atoms with Gasteiger partial charge in [0.1, 0.15) is 0 Å². The van der Waals surface area contributed by atoms with Gasteiger partial charge < -0.3 is 14.2 Å². The summed E-state index contributed by atoms with van der Waals surface area (Å²) in [7, 11) is 0. The van der Waals surface area contributed by atoms with Crippen molar-refractivity contribution in [1.82, 2.24) is 0 Å². The molecule has 0 radical (unpaired) electrons. The van der Waals surface area contributed by atoms with Crippen molar-refractivity contribution in [2.75, 3.05) is 13.2 Å². The fraction of sp³-hybridized carbons (Fsp3) is 1.00. The predicted octanol–water partition coefficient (Wildman–Crippen LogP) is 6.45. The highest BCUT2D eigenvalue weighted by Crippen LogP contribution is 2.56. The Morgan fingerprint density at radius 3 is 1.79 bits per heavy atom. The van der Waals surface area contributed by atoms with Gasteiger partial charge in [-0.2, -0.15) is 0 Å². The first-order chi connectivity index (χ1) is 11.6. The normalized spacial score (nSPS) is 27.4. The number of epoxide rings is 1. The van der Waals surface area contributed by atoms with Crippen LogP contribution in [0.15, 0.2) is 0 Å². The molecule has 1 aliphatic rings. The van der Waals surface area contributed by atoms with Crippen LogP contribution in [0.3, 0.4) is 0 Å². The van der Waals surface area contributed by atoms with Crippen LogP contribution in [-0.4, -0.2) is 24.8 Å². The molecule has 0 aromatic heterocycles. The first kappa shape index (κ1) is 21.9. The molecular weight excluding hydrogens is 300 g/mol. The smallest absolute Gasteiger partial charge is 0.226 e. The van der Waals surface area contributed by atoms with Crippen LogP contribution in [-0.2, 0) is 14.2 Å². The van der Waals surface area contributed by atoms with Gasteiger partial charge in [-0.15, -0.1) is 0 Å². The summed E-state index contributed by atoms with van der Waals surface area (Å²) < 4.78 is 18.2. The highest BCUT2D eigenvalue weighted by molar-refractivity contribution is 5.03. The van der Waals surface area contributed by atoms with Crippen LogP contribution >= 0.6 is 0 Å². The van der Waals surface area contributed by atoms with Crippen molar-refractivity contribution in [3.05, 3.63) is 0 Å². The highest BCUT2D eigenvalue weighted by Gasteiger charge is 2.72. The van der Waals surface area contributed by atoms with Crippen molar-refractivity contribution in [3.63, 3.8) is 0 Å². The Labute approximate surface area is 150 Å². The molecule has 0 bridgehead atoms. The second-order valence-corrected chi connectivity index (χ2v) is 7.42. The number of rotatable bonds is 16. The number of unbranched alkanes of at least 4 members (excludes halogenated alkanes) is 4. The average Bonchev–Trinajstić information content (AvgIpc) is 3.17. The summed E-state index contributed by atoms with van der Waals surface area (Å²) in [6.07, 6.45) is 13.4. The fourth-order valence-electron chi connectivity index (χ4n) is 3.77. The minimum absolute atomic E-state index is 0.474. The maximum Gasteiger partial charge on any atom is 0.226 e. The van der Waals surface area contributed by atoms with Crippen LogP contribution in [0, 0.1) is 5.92 Å². The van der Waals surface area contributed by atoms with E-state index >= 15 is 0 Å². The Hall–Kier alpha value is -0.120. The van der Waals surface area contributed by atoms with Crippen molar-refractivity contribution in [2.24, 2.45) is 5.92 Å². The van der Waals surface area contributed by atoms with E-state index in [0.717, 1.165) is 38.0 Å². The standard InChI is InChI=1S/C21H42O3/c1-6-10-12-13-15-19(5)16-14-18-21(23-9-4)20(24-21,22-8-3)17-11-7-2/h19H,6-18H2,1-5H3. The van der Waals surface area contributed by atoms with Crippen LogP contribution in [0.25, 0.3) is 0 Å². The van der Waals surface area contributed by atoms with Gasteiger partial charge in [-0.3, -0.25) is 0 Å². The van der Waals surface area contributed by atoms with Gasteiger partial charge in [-0.25, -0.2) is 0 Å². The first-order valence-electron chi connectivity index (χ1n) is 10.6. The third kappa shape index (κ3) is 6.31. The lowest BCUT2D eigenvalue weighted by Gasteiger charge is -2.20. The van der Waals surface area contributed by atoms with E-state index < -0.39 is 11.6 Å². The lowest BCUT2D eigenvalue weighted by molar-refractivity contribution is -0.0750. The van der Waals surface area contributed by atoms with Crippen LogP contribution in [0.2, 0.25) is 0 Å². The molecule has 1 aliphatic heterocycles. The Morgan fingerprint density at radius 2 is 1.25 bits per heavy atom. The van der Waals surface area contributed by atoms with Gasteiger partial charge in [0.05, 0.1) is 0 Å². The van der Waals surface area contributed by atoms with E-state index in [1.165, 1.54) is 38.5 Å². The molecule has 1 rings (SSSR count). The Kier molecular flexibility index (Phi) is 10.5. The number of ether oxygens (including phenoxy) is 3. The maximum absolute atomic E-state index is 6.13. The van der Waals surface area contributed by atoms with Gasteiger partial charge in [0.2, 0.25) is 11.6 Å². The van der Waals surface area contributed by atoms with Crippen LogP contribution in [0.5, 0.6) is 0 Å². The van der Waals surface area contributed by atoms with Crippen molar-refractivity contribution < 1.29 is 14.2 Å². The zero-order valence-corrected chi connectivity index (χ0v) is 17.0. The number of hydrogen-bond acceptors (Lipinski definition) is 3. The SMILES string of the molecule is CCCCCCC(C)CCCC1(OCC)OC1(CCCC)OCC. The summed E-state index contributed by atoms with van der Waals surface area (Å²) in [5, 5.41) is 0. The Balaban J connectivity index is 2.40.